The van der Waals surface area contributed by atoms with Crippen molar-refractivity contribution in [2.24, 2.45) is 0 Å². The van der Waals surface area contributed by atoms with Gasteiger partial charge in [-0.1, -0.05) is 24.6 Å². The molecular formula is C14H16ClN3O2S. The smallest absolute Gasteiger partial charge is 0.348 e. The third-order valence-electron chi connectivity index (χ3n) is 2.77. The van der Waals surface area contributed by atoms with Gasteiger partial charge in [-0.3, -0.25) is 0 Å². The van der Waals surface area contributed by atoms with Crippen LogP contribution in [0.5, 0.6) is 0 Å². The van der Waals surface area contributed by atoms with E-state index in [9.17, 15) is 4.79 Å². The van der Waals surface area contributed by atoms with Gasteiger partial charge < -0.3 is 10.1 Å². The molecule has 0 atom stereocenters. The van der Waals surface area contributed by atoms with Gasteiger partial charge in [-0.25, -0.2) is 14.8 Å². The van der Waals surface area contributed by atoms with E-state index in [0.717, 1.165) is 12.0 Å². The average molecular weight is 326 g/mol. The van der Waals surface area contributed by atoms with Crippen LogP contribution in [0.1, 0.15) is 28.6 Å². The zero-order valence-electron chi connectivity index (χ0n) is 11.9. The number of fused-ring (bicyclic) bond motifs is 1. The van der Waals surface area contributed by atoms with Gasteiger partial charge in [0.05, 0.1) is 12.0 Å². The molecular weight excluding hydrogens is 310 g/mol. The van der Waals surface area contributed by atoms with Gasteiger partial charge in [-0.2, -0.15) is 0 Å². The second kappa shape index (κ2) is 6.87. The van der Waals surface area contributed by atoms with Gasteiger partial charge in [0, 0.05) is 6.54 Å². The Labute approximate surface area is 132 Å². The van der Waals surface area contributed by atoms with Crippen molar-refractivity contribution in [3.8, 4) is 0 Å². The van der Waals surface area contributed by atoms with Gasteiger partial charge in [0.2, 0.25) is 5.95 Å². The molecule has 0 aliphatic heterocycles. The summed E-state index contributed by atoms with van der Waals surface area (Å²) >= 11 is 7.47. The van der Waals surface area contributed by atoms with Crippen molar-refractivity contribution in [1.29, 1.82) is 0 Å². The number of aryl methyl sites for hydroxylation is 1. The van der Waals surface area contributed by atoms with Crippen molar-refractivity contribution >= 4 is 45.1 Å². The van der Waals surface area contributed by atoms with Crippen molar-refractivity contribution in [3.63, 3.8) is 0 Å². The number of carbonyl (C=O) groups excluding carboxylic acids is 1. The van der Waals surface area contributed by atoms with Crippen LogP contribution in [-0.4, -0.2) is 29.1 Å². The Kier molecular flexibility index (Phi) is 5.14. The maximum absolute atomic E-state index is 12.0. The summed E-state index contributed by atoms with van der Waals surface area (Å²) in [7, 11) is 0. The number of esters is 1. The van der Waals surface area contributed by atoms with Crippen LogP contribution in [-0.2, 0) is 4.74 Å². The molecule has 0 amide bonds. The fourth-order valence-electron chi connectivity index (χ4n) is 1.79. The maximum Gasteiger partial charge on any atom is 0.348 e. The van der Waals surface area contributed by atoms with E-state index in [1.54, 1.807) is 6.08 Å². The number of aromatic nitrogens is 2. The molecule has 1 N–H and O–H groups in total. The first-order chi connectivity index (χ1) is 10.1. The molecule has 21 heavy (non-hydrogen) atoms. The first-order valence-electron chi connectivity index (χ1n) is 6.57. The number of nitrogens with one attached hydrogen (secondary N) is 1. The van der Waals surface area contributed by atoms with E-state index >= 15 is 0 Å². The normalized spacial score (nSPS) is 10.6. The summed E-state index contributed by atoms with van der Waals surface area (Å²) in [4.78, 5) is 21.8. The van der Waals surface area contributed by atoms with Crippen molar-refractivity contribution in [3.05, 3.63) is 28.2 Å². The van der Waals surface area contributed by atoms with Crippen molar-refractivity contribution in [2.45, 2.75) is 20.3 Å². The second-order valence-corrected chi connectivity index (χ2v) is 5.74. The van der Waals surface area contributed by atoms with Crippen LogP contribution in [0.15, 0.2) is 12.7 Å². The molecule has 0 saturated heterocycles. The van der Waals surface area contributed by atoms with E-state index < -0.39 is 0 Å². The summed E-state index contributed by atoms with van der Waals surface area (Å²) in [5.41, 5.74) is 0.761. The number of rotatable bonds is 6. The lowest BCUT2D eigenvalue weighted by Crippen LogP contribution is -2.05. The highest BCUT2D eigenvalue weighted by Gasteiger charge is 2.20. The third kappa shape index (κ3) is 3.33. The van der Waals surface area contributed by atoms with Crippen LogP contribution in [0, 0.1) is 6.92 Å². The molecule has 2 rings (SSSR count). The number of halogens is 1. The number of carbonyl (C=O) groups is 1. The minimum atomic E-state index is -0.339. The molecule has 0 saturated carbocycles. The molecule has 2 aromatic rings. The Morgan fingerprint density at radius 1 is 1.52 bits per heavy atom. The van der Waals surface area contributed by atoms with E-state index in [0.29, 0.717) is 39.3 Å². The molecule has 5 nitrogen and oxygen atoms in total. The zero-order valence-corrected chi connectivity index (χ0v) is 13.5. The standard InChI is InChI=1S/C14H16ClN3O2S/c1-4-6-16-14-17-11(15)9-8(3)10(21-12(9)18-14)13(19)20-7-5-2/h4H,1,5-7H2,2-3H3,(H,16,17,18). The van der Waals surface area contributed by atoms with Gasteiger partial charge in [-0.15, -0.1) is 17.9 Å². The first-order valence-corrected chi connectivity index (χ1v) is 7.76. The molecule has 0 radical (unpaired) electrons. The molecule has 0 spiro atoms. The quantitative estimate of drug-likeness (QED) is 0.497. The molecule has 0 unspecified atom stereocenters. The number of hydrogen-bond acceptors (Lipinski definition) is 6. The summed E-state index contributed by atoms with van der Waals surface area (Å²) in [6, 6.07) is 0. The maximum atomic E-state index is 12.0. The predicted octanol–water partition coefficient (Wildman–Crippen LogP) is 3.82. The second-order valence-electron chi connectivity index (χ2n) is 4.38. The van der Waals surface area contributed by atoms with Crippen LogP contribution in [0.3, 0.4) is 0 Å². The van der Waals surface area contributed by atoms with E-state index in [1.807, 2.05) is 13.8 Å². The molecule has 0 aromatic carbocycles. The number of hydrogen-bond donors (Lipinski definition) is 1. The molecule has 7 heteroatoms. The predicted molar refractivity (Wildman–Crippen MR) is 86.4 cm³/mol. The van der Waals surface area contributed by atoms with Crippen LogP contribution in [0.4, 0.5) is 5.95 Å². The number of thiophene rings is 1. The Balaban J connectivity index is 2.42. The minimum absolute atomic E-state index is 0.329. The van der Waals surface area contributed by atoms with E-state index in [4.69, 9.17) is 16.3 Å². The summed E-state index contributed by atoms with van der Waals surface area (Å²) in [6.07, 6.45) is 2.49. The minimum Gasteiger partial charge on any atom is -0.462 e. The fraction of sp³-hybridized carbons (Fsp3) is 0.357. The highest BCUT2D eigenvalue weighted by molar-refractivity contribution is 7.20. The summed E-state index contributed by atoms with van der Waals surface area (Å²) in [5, 5.41) is 4.02. The van der Waals surface area contributed by atoms with Crippen molar-refractivity contribution < 1.29 is 9.53 Å². The molecule has 2 heterocycles. The lowest BCUT2D eigenvalue weighted by atomic mass is 10.2. The number of anilines is 1. The zero-order chi connectivity index (χ0) is 15.4. The highest BCUT2D eigenvalue weighted by atomic mass is 35.5. The average Bonchev–Trinajstić information content (AvgIpc) is 2.80. The Morgan fingerprint density at radius 2 is 2.29 bits per heavy atom. The number of ether oxygens (including phenoxy) is 1. The molecule has 0 aliphatic carbocycles. The molecule has 112 valence electrons. The van der Waals surface area contributed by atoms with E-state index in [2.05, 4.69) is 21.9 Å². The SMILES string of the molecule is C=CCNc1nc(Cl)c2c(C)c(C(=O)OCCC)sc2n1. The monoisotopic (exact) mass is 325 g/mol. The molecule has 0 fully saturated rings. The summed E-state index contributed by atoms with van der Waals surface area (Å²) in [6.45, 7) is 8.34. The van der Waals surface area contributed by atoms with Crippen LogP contribution in [0.2, 0.25) is 5.15 Å². The summed E-state index contributed by atoms with van der Waals surface area (Å²) in [5.74, 6) is 0.0798. The lowest BCUT2D eigenvalue weighted by Gasteiger charge is -2.03. The Hall–Kier alpha value is -1.66. The van der Waals surface area contributed by atoms with Gasteiger partial charge in [0.25, 0.3) is 0 Å². The van der Waals surface area contributed by atoms with Gasteiger partial charge >= 0.3 is 5.97 Å². The lowest BCUT2D eigenvalue weighted by molar-refractivity contribution is 0.0510. The van der Waals surface area contributed by atoms with Gasteiger partial charge in [0.15, 0.2) is 0 Å². The Morgan fingerprint density at radius 3 is 2.95 bits per heavy atom. The molecule has 0 aliphatic rings. The van der Waals surface area contributed by atoms with Crippen LogP contribution >= 0.6 is 22.9 Å². The Bertz CT molecular complexity index is 684. The van der Waals surface area contributed by atoms with Crippen LogP contribution in [0.25, 0.3) is 10.2 Å². The van der Waals surface area contributed by atoms with Crippen LogP contribution < -0.4 is 5.32 Å². The van der Waals surface area contributed by atoms with Crippen molar-refractivity contribution in [2.75, 3.05) is 18.5 Å². The summed E-state index contributed by atoms with van der Waals surface area (Å²) < 4.78 is 5.17. The van der Waals surface area contributed by atoms with Crippen molar-refractivity contribution in [1.82, 2.24) is 9.97 Å². The topological polar surface area (TPSA) is 64.1 Å². The molecule has 2 aromatic heterocycles. The molecule has 0 bridgehead atoms. The highest BCUT2D eigenvalue weighted by Crippen LogP contribution is 2.34. The van der Waals surface area contributed by atoms with E-state index in [-0.39, 0.29) is 5.97 Å². The largest absolute Gasteiger partial charge is 0.462 e. The van der Waals surface area contributed by atoms with Gasteiger partial charge in [0.1, 0.15) is 14.9 Å². The van der Waals surface area contributed by atoms with Gasteiger partial charge in [-0.05, 0) is 18.9 Å². The third-order valence-corrected chi connectivity index (χ3v) is 4.21. The fourth-order valence-corrected chi connectivity index (χ4v) is 3.23. The first kappa shape index (κ1) is 15.7. The number of nitrogens with zero attached hydrogens (tertiary/aromatic N) is 2. The van der Waals surface area contributed by atoms with E-state index in [1.165, 1.54) is 11.3 Å².